The van der Waals surface area contributed by atoms with Gasteiger partial charge in [0, 0.05) is 21.2 Å². The first-order chi connectivity index (χ1) is 15.5. The van der Waals surface area contributed by atoms with Gasteiger partial charge in [0.05, 0.1) is 12.0 Å². The number of furan rings is 1. The highest BCUT2D eigenvalue weighted by Crippen LogP contribution is 2.40. The van der Waals surface area contributed by atoms with Crippen molar-refractivity contribution in [2.24, 2.45) is 0 Å². The van der Waals surface area contributed by atoms with Crippen LogP contribution in [0, 0.1) is 0 Å². The Labute approximate surface area is 190 Å². The molecule has 156 valence electrons. The van der Waals surface area contributed by atoms with Crippen LogP contribution in [0.5, 0.6) is 0 Å². The van der Waals surface area contributed by atoms with E-state index in [9.17, 15) is 0 Å². The van der Waals surface area contributed by atoms with Crippen LogP contribution in [0.4, 0.5) is 0 Å². The van der Waals surface area contributed by atoms with Gasteiger partial charge in [-0.25, -0.2) is 9.97 Å². The van der Waals surface area contributed by atoms with E-state index in [4.69, 9.17) is 9.40 Å². The molecule has 0 aliphatic rings. The lowest BCUT2D eigenvalue weighted by molar-refractivity contribution is 0.596. The number of hydrogen-bond donors (Lipinski definition) is 0. The zero-order valence-corrected chi connectivity index (χ0v) is 19.0. The molecule has 0 N–H and O–H groups in total. The molecule has 0 spiro atoms. The van der Waals surface area contributed by atoms with Gasteiger partial charge in [0.1, 0.15) is 16.7 Å². The van der Waals surface area contributed by atoms with E-state index >= 15 is 0 Å². The third-order valence-electron chi connectivity index (χ3n) is 6.01. The van der Waals surface area contributed by atoms with E-state index in [1.165, 1.54) is 26.8 Å². The van der Waals surface area contributed by atoms with Crippen molar-refractivity contribution in [2.45, 2.75) is 26.2 Å². The van der Waals surface area contributed by atoms with E-state index in [-0.39, 0.29) is 5.41 Å². The molecule has 0 atom stereocenters. The van der Waals surface area contributed by atoms with Gasteiger partial charge in [-0.15, -0.1) is 11.3 Å². The van der Waals surface area contributed by atoms with Gasteiger partial charge in [0.2, 0.25) is 0 Å². The third kappa shape index (κ3) is 3.10. The van der Waals surface area contributed by atoms with Crippen molar-refractivity contribution in [3.8, 4) is 21.7 Å². The predicted molar refractivity (Wildman–Crippen MR) is 134 cm³/mol. The molecule has 0 fully saturated rings. The molecule has 32 heavy (non-hydrogen) atoms. The maximum atomic E-state index is 5.50. The summed E-state index contributed by atoms with van der Waals surface area (Å²) in [6.07, 6.45) is 3.42. The van der Waals surface area contributed by atoms with Crippen molar-refractivity contribution in [3.63, 3.8) is 0 Å². The van der Waals surface area contributed by atoms with Gasteiger partial charge in [0.15, 0.2) is 0 Å². The monoisotopic (exact) mass is 434 g/mol. The molecule has 0 unspecified atom stereocenters. The fraction of sp³-hybridized carbons (Fsp3) is 0.143. The quantitative estimate of drug-likeness (QED) is 0.275. The zero-order chi connectivity index (χ0) is 21.9. The number of hydrogen-bond acceptors (Lipinski definition) is 4. The molecule has 4 heteroatoms. The molecular weight excluding hydrogens is 412 g/mol. The number of rotatable bonds is 2. The van der Waals surface area contributed by atoms with Crippen molar-refractivity contribution in [1.82, 2.24) is 9.97 Å². The molecule has 0 aliphatic carbocycles. The average molecular weight is 435 g/mol. The van der Waals surface area contributed by atoms with Crippen LogP contribution in [0.3, 0.4) is 0 Å². The molecule has 0 aliphatic heterocycles. The molecule has 6 rings (SSSR count). The summed E-state index contributed by atoms with van der Waals surface area (Å²) < 4.78 is 5.50. The summed E-state index contributed by atoms with van der Waals surface area (Å²) in [7, 11) is 0. The fourth-order valence-electron chi connectivity index (χ4n) is 4.42. The smallest absolute Gasteiger partial charge is 0.133 e. The highest BCUT2D eigenvalue weighted by atomic mass is 32.1. The lowest BCUT2D eigenvalue weighted by Crippen LogP contribution is -2.12. The molecule has 3 heterocycles. The largest absolute Gasteiger partial charge is 0.464 e. The fourth-order valence-corrected chi connectivity index (χ4v) is 5.41. The first kappa shape index (κ1) is 19.2. The van der Waals surface area contributed by atoms with Gasteiger partial charge in [-0.05, 0) is 69.8 Å². The Hall–Kier alpha value is -3.50. The van der Waals surface area contributed by atoms with Crippen LogP contribution < -0.4 is 0 Å². The minimum Gasteiger partial charge on any atom is -0.464 e. The van der Waals surface area contributed by atoms with Gasteiger partial charge < -0.3 is 4.42 Å². The molecule has 0 saturated heterocycles. The summed E-state index contributed by atoms with van der Waals surface area (Å²) in [6.45, 7) is 6.80. The molecule has 0 saturated carbocycles. The van der Waals surface area contributed by atoms with Crippen LogP contribution in [0.15, 0.2) is 83.7 Å². The predicted octanol–water partition coefficient (Wildman–Crippen LogP) is 8.22. The van der Waals surface area contributed by atoms with Crippen LogP contribution in [0.1, 0.15) is 26.3 Å². The Bertz CT molecular complexity index is 1620. The molecule has 3 aromatic heterocycles. The molecular formula is C28H22N2OS. The van der Waals surface area contributed by atoms with Crippen molar-refractivity contribution >= 4 is 43.3 Å². The zero-order valence-electron chi connectivity index (χ0n) is 18.2. The topological polar surface area (TPSA) is 38.9 Å². The number of nitrogens with zero attached hydrogens (tertiary/aromatic N) is 2. The van der Waals surface area contributed by atoms with E-state index in [0.29, 0.717) is 0 Å². The number of aromatic nitrogens is 2. The first-order valence-corrected chi connectivity index (χ1v) is 11.5. The highest BCUT2D eigenvalue weighted by molar-refractivity contribution is 7.21. The molecule has 6 aromatic rings. The molecule has 0 bridgehead atoms. The summed E-state index contributed by atoms with van der Waals surface area (Å²) in [6, 6.07) is 23.7. The van der Waals surface area contributed by atoms with Crippen LogP contribution in [0.25, 0.3) is 53.7 Å². The Morgan fingerprint density at radius 1 is 0.781 bits per heavy atom. The van der Waals surface area contributed by atoms with Crippen LogP contribution in [-0.4, -0.2) is 9.97 Å². The highest BCUT2D eigenvalue weighted by Gasteiger charge is 2.20. The van der Waals surface area contributed by atoms with E-state index in [2.05, 4.69) is 80.4 Å². The number of fused-ring (bicyclic) bond motifs is 3. The second kappa shape index (κ2) is 7.01. The Morgan fingerprint density at radius 3 is 2.50 bits per heavy atom. The number of benzene rings is 3. The third-order valence-corrected chi connectivity index (χ3v) is 7.10. The standard InChI is InChI=1S/C28H22N2OS/c1-28(2,3)23-14-20(12-17-6-4-5-7-21(17)23)26-22-15-25(32-27(22)30-16-29-26)19-8-9-24-18(13-19)10-11-31-24/h4-16H,1-3H3. The Morgan fingerprint density at radius 2 is 1.62 bits per heavy atom. The van der Waals surface area contributed by atoms with Gasteiger partial charge >= 0.3 is 0 Å². The summed E-state index contributed by atoms with van der Waals surface area (Å²) in [5.41, 5.74) is 5.55. The van der Waals surface area contributed by atoms with E-state index < -0.39 is 0 Å². The van der Waals surface area contributed by atoms with E-state index in [0.717, 1.165) is 32.4 Å². The van der Waals surface area contributed by atoms with Gasteiger partial charge in [-0.2, -0.15) is 0 Å². The van der Waals surface area contributed by atoms with Crippen LogP contribution in [0.2, 0.25) is 0 Å². The minimum absolute atomic E-state index is 0.0293. The SMILES string of the molecule is CC(C)(C)c1cc(-c2ncnc3sc(-c4ccc5occc5c4)cc23)cc2ccccc12. The van der Waals surface area contributed by atoms with Crippen LogP contribution >= 0.6 is 11.3 Å². The summed E-state index contributed by atoms with van der Waals surface area (Å²) >= 11 is 1.70. The van der Waals surface area contributed by atoms with Crippen molar-refractivity contribution in [1.29, 1.82) is 0 Å². The normalized spacial score (nSPS) is 12.2. The maximum absolute atomic E-state index is 5.50. The Balaban J connectivity index is 1.56. The van der Waals surface area contributed by atoms with Crippen LogP contribution in [-0.2, 0) is 5.41 Å². The lowest BCUT2D eigenvalue weighted by Gasteiger charge is -2.22. The van der Waals surface area contributed by atoms with E-state index in [1.54, 1.807) is 23.9 Å². The van der Waals surface area contributed by atoms with Crippen molar-refractivity contribution in [3.05, 3.63) is 84.9 Å². The van der Waals surface area contributed by atoms with Crippen molar-refractivity contribution < 1.29 is 4.42 Å². The molecule has 3 nitrogen and oxygen atoms in total. The van der Waals surface area contributed by atoms with E-state index in [1.807, 2.05) is 12.1 Å². The molecule has 3 aromatic carbocycles. The van der Waals surface area contributed by atoms with Gasteiger partial charge in [-0.3, -0.25) is 0 Å². The van der Waals surface area contributed by atoms with Gasteiger partial charge in [0.25, 0.3) is 0 Å². The van der Waals surface area contributed by atoms with Gasteiger partial charge in [-0.1, -0.05) is 45.0 Å². The summed E-state index contributed by atoms with van der Waals surface area (Å²) in [5.74, 6) is 0. The second-order valence-electron chi connectivity index (χ2n) is 9.22. The van der Waals surface area contributed by atoms with Crippen molar-refractivity contribution in [2.75, 3.05) is 0 Å². The first-order valence-electron chi connectivity index (χ1n) is 10.7. The minimum atomic E-state index is 0.0293. The average Bonchev–Trinajstić information content (AvgIpc) is 3.43. The maximum Gasteiger partial charge on any atom is 0.133 e. The Kier molecular flexibility index (Phi) is 4.21. The molecule has 0 radical (unpaired) electrons. The summed E-state index contributed by atoms with van der Waals surface area (Å²) in [5, 5.41) is 4.74. The number of thiophene rings is 1. The summed E-state index contributed by atoms with van der Waals surface area (Å²) in [4.78, 5) is 11.5. The second-order valence-corrected chi connectivity index (χ2v) is 10.3. The lowest BCUT2D eigenvalue weighted by atomic mass is 9.82. The molecule has 0 amide bonds.